The number of hydrogen-bond acceptors (Lipinski definition) is 3. The van der Waals surface area contributed by atoms with Gasteiger partial charge < -0.3 is 16.0 Å². The van der Waals surface area contributed by atoms with Crippen molar-refractivity contribution in [2.24, 2.45) is 11.7 Å². The van der Waals surface area contributed by atoms with Gasteiger partial charge in [0, 0.05) is 19.1 Å². The molecule has 0 aliphatic carbocycles. The summed E-state index contributed by atoms with van der Waals surface area (Å²) in [5, 5.41) is 2.82. The smallest absolute Gasteiger partial charge is 0.244 e. The average molecular weight is 354 g/mol. The second kappa shape index (κ2) is 9.64. The number of halogens is 1. The van der Waals surface area contributed by atoms with Crippen LogP contribution in [0.2, 0.25) is 0 Å². The predicted octanol–water partition coefficient (Wildman–Crippen LogP) is 2.26. The third-order valence-corrected chi connectivity index (χ3v) is 4.53. The minimum absolute atomic E-state index is 0. The van der Waals surface area contributed by atoms with Crippen LogP contribution in [0.5, 0.6) is 0 Å². The van der Waals surface area contributed by atoms with E-state index in [4.69, 9.17) is 5.73 Å². The van der Waals surface area contributed by atoms with Gasteiger partial charge in [0.25, 0.3) is 0 Å². The molecule has 1 aliphatic heterocycles. The molecule has 1 aromatic rings. The van der Waals surface area contributed by atoms with Gasteiger partial charge in [0.2, 0.25) is 11.8 Å². The number of amides is 2. The van der Waals surface area contributed by atoms with Crippen molar-refractivity contribution in [1.29, 1.82) is 0 Å². The first kappa shape index (κ1) is 20.5. The largest absolute Gasteiger partial charge is 0.344 e. The summed E-state index contributed by atoms with van der Waals surface area (Å²) in [6.45, 7) is 5.12. The summed E-state index contributed by atoms with van der Waals surface area (Å²) in [4.78, 5) is 26.6. The Morgan fingerprint density at radius 2 is 1.67 bits per heavy atom. The molecule has 0 aromatic heterocycles. The third-order valence-electron chi connectivity index (χ3n) is 4.53. The highest BCUT2D eigenvalue weighted by Crippen LogP contribution is 2.19. The van der Waals surface area contributed by atoms with Gasteiger partial charge in [0.05, 0.1) is 5.92 Å². The summed E-state index contributed by atoms with van der Waals surface area (Å²) in [5.74, 6) is -0.577. The van der Waals surface area contributed by atoms with E-state index in [9.17, 15) is 9.59 Å². The van der Waals surface area contributed by atoms with Gasteiger partial charge in [-0.25, -0.2) is 0 Å². The fraction of sp³-hybridized carbons (Fsp3) is 0.556. The van der Waals surface area contributed by atoms with E-state index in [1.165, 1.54) is 6.42 Å². The molecule has 134 valence electrons. The normalized spacial score (nSPS) is 18.0. The Morgan fingerprint density at radius 1 is 1.08 bits per heavy atom. The lowest BCUT2D eigenvalue weighted by atomic mass is 9.94. The molecule has 2 amide bonds. The van der Waals surface area contributed by atoms with Crippen LogP contribution in [0.25, 0.3) is 0 Å². The van der Waals surface area contributed by atoms with Crippen LogP contribution >= 0.6 is 12.4 Å². The van der Waals surface area contributed by atoms with E-state index in [2.05, 4.69) is 5.32 Å². The molecule has 3 N–H and O–H groups in total. The highest BCUT2D eigenvalue weighted by Gasteiger charge is 2.27. The Bertz CT molecular complexity index is 532. The second-order valence-electron chi connectivity index (χ2n) is 6.34. The van der Waals surface area contributed by atoms with Gasteiger partial charge in [-0.15, -0.1) is 12.4 Å². The lowest BCUT2D eigenvalue weighted by Gasteiger charge is -2.30. The van der Waals surface area contributed by atoms with E-state index in [0.29, 0.717) is 0 Å². The maximum Gasteiger partial charge on any atom is 0.244 e. The predicted molar refractivity (Wildman–Crippen MR) is 97.8 cm³/mol. The van der Waals surface area contributed by atoms with E-state index < -0.39 is 12.0 Å². The zero-order valence-corrected chi connectivity index (χ0v) is 15.2. The van der Waals surface area contributed by atoms with Crippen LogP contribution in [0.4, 0.5) is 0 Å². The van der Waals surface area contributed by atoms with Crippen molar-refractivity contribution in [3.05, 3.63) is 35.9 Å². The number of carbonyl (C=O) groups is 2. The fourth-order valence-corrected chi connectivity index (χ4v) is 2.92. The number of nitrogens with two attached hydrogens (primary N) is 1. The summed E-state index contributed by atoms with van der Waals surface area (Å²) in [5.41, 5.74) is 7.10. The van der Waals surface area contributed by atoms with Gasteiger partial charge in [-0.1, -0.05) is 37.3 Å². The Kier molecular flexibility index (Phi) is 8.22. The molecular weight excluding hydrogens is 326 g/mol. The van der Waals surface area contributed by atoms with E-state index in [1.54, 1.807) is 13.8 Å². The summed E-state index contributed by atoms with van der Waals surface area (Å²) in [6.07, 6.45) is 3.26. The van der Waals surface area contributed by atoms with Crippen molar-refractivity contribution < 1.29 is 9.59 Å². The maximum absolute atomic E-state index is 12.4. The van der Waals surface area contributed by atoms with E-state index in [0.717, 1.165) is 31.5 Å². The topological polar surface area (TPSA) is 75.4 Å². The summed E-state index contributed by atoms with van der Waals surface area (Å²) >= 11 is 0. The first-order chi connectivity index (χ1) is 11.0. The molecule has 5 nitrogen and oxygen atoms in total. The highest BCUT2D eigenvalue weighted by atomic mass is 35.5. The number of nitrogens with zero attached hydrogens (tertiary/aromatic N) is 1. The molecule has 1 fully saturated rings. The van der Waals surface area contributed by atoms with Crippen molar-refractivity contribution in [3.63, 3.8) is 0 Å². The molecular formula is C18H28ClN3O2. The van der Waals surface area contributed by atoms with Crippen LogP contribution in [0, 0.1) is 5.92 Å². The molecule has 2 rings (SSSR count). The van der Waals surface area contributed by atoms with Crippen molar-refractivity contribution in [1.82, 2.24) is 10.2 Å². The number of benzene rings is 1. The molecule has 24 heavy (non-hydrogen) atoms. The van der Waals surface area contributed by atoms with Crippen LogP contribution < -0.4 is 11.1 Å². The number of rotatable bonds is 5. The summed E-state index contributed by atoms with van der Waals surface area (Å²) in [7, 11) is 0. The lowest BCUT2D eigenvalue weighted by molar-refractivity contribution is -0.137. The van der Waals surface area contributed by atoms with Crippen molar-refractivity contribution in [3.8, 4) is 0 Å². The van der Waals surface area contributed by atoms with E-state index >= 15 is 0 Å². The van der Waals surface area contributed by atoms with Gasteiger partial charge in [0.15, 0.2) is 0 Å². The molecule has 3 atom stereocenters. The monoisotopic (exact) mass is 353 g/mol. The van der Waals surface area contributed by atoms with Gasteiger partial charge in [-0.3, -0.25) is 9.59 Å². The van der Waals surface area contributed by atoms with E-state index in [-0.39, 0.29) is 30.3 Å². The fourth-order valence-electron chi connectivity index (χ4n) is 2.92. The number of likely N-dealkylation sites (tertiary alicyclic amines) is 1. The number of carbonyl (C=O) groups excluding carboxylic acids is 2. The zero-order chi connectivity index (χ0) is 16.8. The minimum atomic E-state index is -0.508. The Hall–Kier alpha value is -1.59. The molecule has 3 unspecified atom stereocenters. The van der Waals surface area contributed by atoms with Crippen molar-refractivity contribution in [2.75, 3.05) is 13.1 Å². The van der Waals surface area contributed by atoms with Crippen LogP contribution in [-0.2, 0) is 9.59 Å². The van der Waals surface area contributed by atoms with E-state index in [1.807, 2.05) is 35.2 Å². The molecule has 6 heteroatoms. The molecule has 0 spiro atoms. The van der Waals surface area contributed by atoms with Crippen LogP contribution in [0.3, 0.4) is 0 Å². The maximum atomic E-state index is 12.4. The minimum Gasteiger partial charge on any atom is -0.344 e. The SMILES string of the molecule is CC(NC(=O)C(C)C(N)c1ccccc1)C(=O)N1CCCCC1.Cl. The molecule has 0 saturated carbocycles. The molecule has 0 bridgehead atoms. The Labute approximate surface area is 150 Å². The van der Waals surface area contributed by atoms with Gasteiger partial charge in [-0.2, -0.15) is 0 Å². The first-order valence-electron chi connectivity index (χ1n) is 8.40. The molecule has 1 aliphatic rings. The average Bonchev–Trinajstić information content (AvgIpc) is 2.61. The zero-order valence-electron chi connectivity index (χ0n) is 14.4. The van der Waals surface area contributed by atoms with Crippen molar-refractivity contribution >= 4 is 24.2 Å². The second-order valence-corrected chi connectivity index (χ2v) is 6.34. The number of hydrogen-bond donors (Lipinski definition) is 2. The van der Waals surface area contributed by atoms with Gasteiger partial charge in [0.1, 0.15) is 6.04 Å². The van der Waals surface area contributed by atoms with Crippen LogP contribution in [0.15, 0.2) is 30.3 Å². The standard InChI is InChI=1S/C18H27N3O2.ClH/c1-13(16(19)15-9-5-3-6-10-15)17(22)20-14(2)18(23)21-11-7-4-8-12-21;/h3,5-6,9-10,13-14,16H,4,7-8,11-12,19H2,1-2H3,(H,20,22);1H. The van der Waals surface area contributed by atoms with Crippen molar-refractivity contribution in [2.45, 2.75) is 45.2 Å². The summed E-state index contributed by atoms with van der Waals surface area (Å²) in [6, 6.07) is 8.66. The molecule has 1 saturated heterocycles. The highest BCUT2D eigenvalue weighted by molar-refractivity contribution is 5.88. The lowest BCUT2D eigenvalue weighted by Crippen LogP contribution is -2.50. The summed E-state index contributed by atoms with van der Waals surface area (Å²) < 4.78 is 0. The first-order valence-corrected chi connectivity index (χ1v) is 8.40. The molecule has 0 radical (unpaired) electrons. The third kappa shape index (κ3) is 5.21. The van der Waals surface area contributed by atoms with Crippen LogP contribution in [-0.4, -0.2) is 35.8 Å². The van der Waals surface area contributed by atoms with Gasteiger partial charge in [-0.05, 0) is 31.7 Å². The van der Waals surface area contributed by atoms with Gasteiger partial charge >= 0.3 is 0 Å². The number of nitrogens with one attached hydrogen (secondary N) is 1. The quantitative estimate of drug-likeness (QED) is 0.852. The Balaban J connectivity index is 0.00000288. The number of piperidine rings is 1. The molecule has 1 aromatic carbocycles. The van der Waals surface area contributed by atoms with Crippen LogP contribution in [0.1, 0.15) is 44.7 Å². The Morgan fingerprint density at radius 3 is 2.25 bits per heavy atom. The molecule has 1 heterocycles.